The van der Waals surface area contributed by atoms with Crippen molar-refractivity contribution < 1.29 is 12.9 Å². The van der Waals surface area contributed by atoms with E-state index in [1.165, 1.54) is 17.4 Å². The van der Waals surface area contributed by atoms with E-state index in [9.17, 15) is 8.42 Å². The van der Waals surface area contributed by atoms with Gasteiger partial charge in [0, 0.05) is 20.0 Å². The van der Waals surface area contributed by atoms with Crippen LogP contribution >= 0.6 is 23.3 Å². The lowest BCUT2D eigenvalue weighted by Crippen LogP contribution is -2.29. The minimum Gasteiger partial charge on any atom is -0.334 e. The normalized spacial score (nSPS) is 12.1. The number of hydrogen-bond acceptors (Lipinski definition) is 8. The van der Waals surface area contributed by atoms with Crippen molar-refractivity contribution in [2.24, 2.45) is 0 Å². The molecule has 4 aromatic rings. The molecule has 0 atom stereocenters. The summed E-state index contributed by atoms with van der Waals surface area (Å²) in [6, 6.07) is 12.0. The minimum absolute atomic E-state index is 0.131. The van der Waals surface area contributed by atoms with Crippen LogP contribution in [0.25, 0.3) is 22.5 Å². The Kier molecular flexibility index (Phi) is 5.11. The second-order valence-corrected chi connectivity index (χ2v) is 8.91. The van der Waals surface area contributed by atoms with Gasteiger partial charge in [0.2, 0.25) is 10.0 Å². The summed E-state index contributed by atoms with van der Waals surface area (Å²) < 4.78 is 40.5. The Morgan fingerprint density at radius 3 is 2.79 bits per heavy atom. The van der Waals surface area contributed by atoms with E-state index >= 15 is 0 Å². The van der Waals surface area contributed by atoms with E-state index in [0.717, 1.165) is 11.7 Å². The van der Waals surface area contributed by atoms with Crippen LogP contribution in [0.3, 0.4) is 0 Å². The van der Waals surface area contributed by atoms with E-state index in [2.05, 4.69) is 18.9 Å². The van der Waals surface area contributed by atoms with Gasteiger partial charge >= 0.3 is 0 Å². The molecule has 144 valence electrons. The SMILES string of the molecule is CN(CCc1noc(-c2ccccc2Cl)n1)S(=O)(=O)c1cccc2nsnc12. The van der Waals surface area contributed by atoms with Crippen LogP contribution in [-0.2, 0) is 16.4 Å². The van der Waals surface area contributed by atoms with E-state index < -0.39 is 10.0 Å². The number of rotatable bonds is 6. The van der Waals surface area contributed by atoms with Crippen molar-refractivity contribution in [3.63, 3.8) is 0 Å². The monoisotopic (exact) mass is 435 g/mol. The van der Waals surface area contributed by atoms with E-state index in [0.29, 0.717) is 33.3 Å². The zero-order valence-electron chi connectivity index (χ0n) is 14.6. The number of hydrogen-bond donors (Lipinski definition) is 0. The van der Waals surface area contributed by atoms with Gasteiger partial charge in [-0.1, -0.05) is 35.0 Å². The van der Waals surface area contributed by atoms with Gasteiger partial charge < -0.3 is 4.52 Å². The average Bonchev–Trinajstić information content (AvgIpc) is 3.35. The van der Waals surface area contributed by atoms with Gasteiger partial charge in [0.25, 0.3) is 5.89 Å². The molecule has 0 aliphatic heterocycles. The van der Waals surface area contributed by atoms with Gasteiger partial charge in [0.05, 0.1) is 22.3 Å². The molecule has 0 aliphatic carbocycles. The highest BCUT2D eigenvalue weighted by atomic mass is 35.5. The minimum atomic E-state index is -3.73. The number of fused-ring (bicyclic) bond motifs is 1. The van der Waals surface area contributed by atoms with Crippen molar-refractivity contribution in [2.45, 2.75) is 11.3 Å². The zero-order valence-corrected chi connectivity index (χ0v) is 17.0. The van der Waals surface area contributed by atoms with Gasteiger partial charge in [-0.25, -0.2) is 12.7 Å². The third-order valence-electron chi connectivity index (χ3n) is 4.16. The first-order valence-corrected chi connectivity index (χ1v) is 10.8. The molecular formula is C17H14ClN5O3S2. The molecule has 2 heterocycles. The van der Waals surface area contributed by atoms with Gasteiger partial charge in [-0.2, -0.15) is 13.7 Å². The Balaban J connectivity index is 1.51. The Labute approximate surface area is 170 Å². The van der Waals surface area contributed by atoms with Crippen LogP contribution in [0.2, 0.25) is 5.02 Å². The number of sulfonamides is 1. The van der Waals surface area contributed by atoms with Crippen LogP contribution in [0.15, 0.2) is 51.9 Å². The average molecular weight is 436 g/mol. The lowest BCUT2D eigenvalue weighted by Gasteiger charge is -2.16. The lowest BCUT2D eigenvalue weighted by molar-refractivity contribution is 0.415. The first-order chi connectivity index (χ1) is 13.5. The first kappa shape index (κ1) is 18.9. The highest BCUT2D eigenvalue weighted by molar-refractivity contribution is 7.89. The summed E-state index contributed by atoms with van der Waals surface area (Å²) in [7, 11) is -2.22. The van der Waals surface area contributed by atoms with Crippen molar-refractivity contribution in [1.29, 1.82) is 0 Å². The number of likely N-dealkylation sites (N-methyl/N-ethyl adjacent to an activating group) is 1. The van der Waals surface area contributed by atoms with Gasteiger partial charge in [0.1, 0.15) is 15.9 Å². The molecule has 0 fully saturated rings. The fraction of sp³-hybridized carbons (Fsp3) is 0.176. The molecule has 28 heavy (non-hydrogen) atoms. The van der Waals surface area contributed by atoms with E-state index in [1.807, 2.05) is 6.07 Å². The predicted molar refractivity (Wildman–Crippen MR) is 106 cm³/mol. The van der Waals surface area contributed by atoms with Crippen molar-refractivity contribution in [3.05, 3.63) is 53.3 Å². The molecule has 4 rings (SSSR count). The summed E-state index contributed by atoms with van der Waals surface area (Å²) in [5.41, 5.74) is 1.56. The van der Waals surface area contributed by atoms with E-state index in [1.54, 1.807) is 30.3 Å². The maximum Gasteiger partial charge on any atom is 0.259 e. The molecule has 0 N–H and O–H groups in total. The quantitative estimate of drug-likeness (QED) is 0.458. The van der Waals surface area contributed by atoms with Crippen LogP contribution in [0.4, 0.5) is 0 Å². The third kappa shape index (κ3) is 3.51. The zero-order chi connectivity index (χ0) is 19.7. The molecule has 2 aromatic carbocycles. The Morgan fingerprint density at radius 2 is 1.96 bits per heavy atom. The Morgan fingerprint density at radius 1 is 1.14 bits per heavy atom. The molecule has 0 amide bonds. The molecule has 8 nitrogen and oxygen atoms in total. The fourth-order valence-corrected chi connectivity index (χ4v) is 4.77. The molecule has 0 unspecified atom stereocenters. The summed E-state index contributed by atoms with van der Waals surface area (Å²) in [5.74, 6) is 0.690. The Hall–Kier alpha value is -2.40. The predicted octanol–water partition coefficient (Wildman–Crippen LogP) is 3.26. The molecule has 0 radical (unpaired) electrons. The maximum atomic E-state index is 12.9. The van der Waals surface area contributed by atoms with Gasteiger partial charge in [-0.3, -0.25) is 0 Å². The largest absolute Gasteiger partial charge is 0.334 e. The molecule has 0 bridgehead atoms. The number of benzene rings is 2. The van der Waals surface area contributed by atoms with Crippen LogP contribution in [-0.4, -0.2) is 45.2 Å². The summed E-state index contributed by atoms with van der Waals surface area (Å²) >= 11 is 7.12. The molecule has 0 saturated heterocycles. The lowest BCUT2D eigenvalue weighted by atomic mass is 10.2. The van der Waals surface area contributed by atoms with Crippen molar-refractivity contribution in [2.75, 3.05) is 13.6 Å². The van der Waals surface area contributed by atoms with Crippen LogP contribution in [0, 0.1) is 0 Å². The van der Waals surface area contributed by atoms with E-state index in [-0.39, 0.29) is 17.9 Å². The summed E-state index contributed by atoms with van der Waals surface area (Å²) in [5, 5.41) is 4.42. The van der Waals surface area contributed by atoms with Crippen LogP contribution < -0.4 is 0 Å². The van der Waals surface area contributed by atoms with Gasteiger partial charge in [-0.05, 0) is 24.3 Å². The van der Waals surface area contributed by atoms with Crippen LogP contribution in [0.5, 0.6) is 0 Å². The second kappa shape index (κ2) is 7.55. The molecular weight excluding hydrogens is 422 g/mol. The maximum absolute atomic E-state index is 12.9. The topological polar surface area (TPSA) is 102 Å². The molecule has 0 saturated carbocycles. The van der Waals surface area contributed by atoms with Crippen LogP contribution in [0.1, 0.15) is 5.82 Å². The molecule has 0 aliphatic rings. The van der Waals surface area contributed by atoms with Crippen molar-refractivity contribution in [3.8, 4) is 11.5 Å². The number of nitrogens with zero attached hydrogens (tertiary/aromatic N) is 5. The Bertz CT molecular complexity index is 1240. The fourth-order valence-electron chi connectivity index (χ4n) is 2.63. The first-order valence-electron chi connectivity index (χ1n) is 8.22. The second-order valence-electron chi connectivity index (χ2n) is 5.96. The highest BCUT2D eigenvalue weighted by Crippen LogP contribution is 2.26. The van der Waals surface area contributed by atoms with Crippen molar-refractivity contribution in [1.82, 2.24) is 23.2 Å². The van der Waals surface area contributed by atoms with Gasteiger partial charge in [-0.15, -0.1) is 0 Å². The van der Waals surface area contributed by atoms with Crippen molar-refractivity contribution >= 4 is 44.4 Å². The number of halogens is 1. The highest BCUT2D eigenvalue weighted by Gasteiger charge is 2.25. The standard InChI is InChI=1S/C17H14ClN5O3S2/c1-23(28(24,25)14-8-4-7-13-16(14)22-27-21-13)10-9-15-19-17(26-20-15)11-5-2-3-6-12(11)18/h2-8H,9-10H2,1H3. The number of aromatic nitrogens is 4. The molecule has 2 aromatic heterocycles. The van der Waals surface area contributed by atoms with E-state index in [4.69, 9.17) is 16.1 Å². The summed E-state index contributed by atoms with van der Waals surface area (Å²) in [6.07, 6.45) is 0.287. The smallest absolute Gasteiger partial charge is 0.259 e. The molecule has 11 heteroatoms. The third-order valence-corrected chi connectivity index (χ3v) is 6.92. The van der Waals surface area contributed by atoms with Gasteiger partial charge in [0.15, 0.2) is 5.82 Å². The molecule has 0 spiro atoms. The summed E-state index contributed by atoms with van der Waals surface area (Å²) in [4.78, 5) is 4.44. The summed E-state index contributed by atoms with van der Waals surface area (Å²) in [6.45, 7) is 0.178.